The van der Waals surface area contributed by atoms with Gasteiger partial charge >= 0.3 is 0 Å². The Morgan fingerprint density at radius 1 is 1.41 bits per heavy atom. The molecule has 1 heterocycles. The topological polar surface area (TPSA) is 73.9 Å². The molecule has 1 aliphatic heterocycles. The van der Waals surface area contributed by atoms with Crippen molar-refractivity contribution >= 4 is 0 Å². The number of aliphatic hydroxyl groups is 1. The van der Waals surface area contributed by atoms with Crippen LogP contribution in [0.5, 0.6) is 17.2 Å². The maximum Gasteiger partial charge on any atom is 0.231 e. The molecule has 0 saturated carbocycles. The number of fused-ring (bicyclic) bond motifs is 1. The minimum Gasteiger partial charge on any atom is -0.496 e. The van der Waals surface area contributed by atoms with Gasteiger partial charge in [-0.1, -0.05) is 0 Å². The molecule has 1 aromatic carbocycles. The molecule has 94 valence electrons. The molecular formula is C12H17NO4. The molecule has 0 aliphatic carbocycles. The predicted molar refractivity (Wildman–Crippen MR) is 62.5 cm³/mol. The zero-order valence-electron chi connectivity index (χ0n) is 10.0. The molecule has 0 fully saturated rings. The average molecular weight is 239 g/mol. The fourth-order valence-corrected chi connectivity index (χ4v) is 1.78. The Balaban J connectivity index is 2.33. The summed E-state index contributed by atoms with van der Waals surface area (Å²) >= 11 is 0. The van der Waals surface area contributed by atoms with E-state index in [2.05, 4.69) is 0 Å². The number of nitrogens with two attached hydrogens (primary N) is 1. The standard InChI is InChI=1S/C12H17NO4/c1-12(13,6-14)5-8-3-10-11(17-7-16-10)4-9(8)15-2/h3-4,14H,5-7,13H2,1-2H3. The van der Waals surface area contributed by atoms with Crippen LogP contribution in [-0.2, 0) is 6.42 Å². The highest BCUT2D eigenvalue weighted by molar-refractivity contribution is 5.52. The Bertz CT molecular complexity index is 417. The maximum atomic E-state index is 9.19. The molecule has 0 bridgehead atoms. The van der Waals surface area contributed by atoms with Gasteiger partial charge in [-0.05, 0) is 25.0 Å². The van der Waals surface area contributed by atoms with Gasteiger partial charge in [-0.2, -0.15) is 0 Å². The van der Waals surface area contributed by atoms with Crippen LogP contribution < -0.4 is 19.9 Å². The molecule has 1 aliphatic rings. The summed E-state index contributed by atoms with van der Waals surface area (Å²) in [5.74, 6) is 2.06. The summed E-state index contributed by atoms with van der Waals surface area (Å²) in [7, 11) is 1.59. The minimum atomic E-state index is -0.680. The second kappa shape index (κ2) is 4.43. The van der Waals surface area contributed by atoms with Gasteiger partial charge in [-0.25, -0.2) is 0 Å². The van der Waals surface area contributed by atoms with E-state index in [9.17, 15) is 5.11 Å². The van der Waals surface area contributed by atoms with Gasteiger partial charge in [0.1, 0.15) is 5.75 Å². The van der Waals surface area contributed by atoms with E-state index in [-0.39, 0.29) is 13.4 Å². The highest BCUT2D eigenvalue weighted by atomic mass is 16.7. The molecule has 1 unspecified atom stereocenters. The molecule has 3 N–H and O–H groups in total. The molecule has 0 radical (unpaired) electrons. The van der Waals surface area contributed by atoms with Gasteiger partial charge in [0.2, 0.25) is 6.79 Å². The Kier molecular flexibility index (Phi) is 3.13. The highest BCUT2D eigenvalue weighted by Crippen LogP contribution is 2.38. The van der Waals surface area contributed by atoms with Crippen molar-refractivity contribution in [2.24, 2.45) is 5.73 Å². The first kappa shape index (κ1) is 12.0. The van der Waals surface area contributed by atoms with Crippen molar-refractivity contribution in [3.63, 3.8) is 0 Å². The maximum absolute atomic E-state index is 9.19. The average Bonchev–Trinajstić information content (AvgIpc) is 2.74. The summed E-state index contributed by atoms with van der Waals surface area (Å²) in [5, 5.41) is 9.19. The van der Waals surface area contributed by atoms with Gasteiger partial charge in [-0.3, -0.25) is 0 Å². The van der Waals surface area contributed by atoms with Crippen molar-refractivity contribution in [1.82, 2.24) is 0 Å². The Morgan fingerprint density at radius 3 is 2.65 bits per heavy atom. The number of hydrogen-bond donors (Lipinski definition) is 2. The largest absolute Gasteiger partial charge is 0.496 e. The van der Waals surface area contributed by atoms with Crippen LogP contribution >= 0.6 is 0 Å². The van der Waals surface area contributed by atoms with Crippen LogP contribution in [0.2, 0.25) is 0 Å². The van der Waals surface area contributed by atoms with Crippen LogP contribution in [0, 0.1) is 0 Å². The van der Waals surface area contributed by atoms with Gasteiger partial charge in [0.15, 0.2) is 11.5 Å². The van der Waals surface area contributed by atoms with Crippen LogP contribution in [0.1, 0.15) is 12.5 Å². The first-order valence-electron chi connectivity index (χ1n) is 5.42. The molecule has 17 heavy (non-hydrogen) atoms. The van der Waals surface area contributed by atoms with Crippen LogP contribution in [0.4, 0.5) is 0 Å². The van der Waals surface area contributed by atoms with E-state index in [1.165, 1.54) is 0 Å². The van der Waals surface area contributed by atoms with Crippen LogP contribution in [-0.4, -0.2) is 31.2 Å². The van der Waals surface area contributed by atoms with Crippen molar-refractivity contribution < 1.29 is 19.3 Å². The van der Waals surface area contributed by atoms with Gasteiger partial charge in [-0.15, -0.1) is 0 Å². The number of ether oxygens (including phenoxy) is 3. The second-order valence-electron chi connectivity index (χ2n) is 4.51. The third-order valence-electron chi connectivity index (χ3n) is 2.73. The third kappa shape index (κ3) is 2.45. The number of methoxy groups -OCH3 is 1. The summed E-state index contributed by atoms with van der Waals surface area (Å²) in [6.07, 6.45) is 0.503. The fraction of sp³-hybridized carbons (Fsp3) is 0.500. The number of hydrogen-bond acceptors (Lipinski definition) is 5. The molecule has 1 atom stereocenters. The van der Waals surface area contributed by atoms with Gasteiger partial charge in [0, 0.05) is 11.6 Å². The van der Waals surface area contributed by atoms with Crippen molar-refractivity contribution in [3.05, 3.63) is 17.7 Å². The van der Waals surface area contributed by atoms with Crippen LogP contribution in [0.15, 0.2) is 12.1 Å². The molecule has 0 amide bonds. The predicted octanol–water partition coefficient (Wildman–Crippen LogP) is 0.676. The lowest BCUT2D eigenvalue weighted by Gasteiger charge is -2.23. The molecule has 0 aromatic heterocycles. The zero-order chi connectivity index (χ0) is 12.5. The second-order valence-corrected chi connectivity index (χ2v) is 4.51. The quantitative estimate of drug-likeness (QED) is 0.808. The van der Waals surface area contributed by atoms with Crippen molar-refractivity contribution in [2.45, 2.75) is 18.9 Å². The number of rotatable bonds is 4. The van der Waals surface area contributed by atoms with Gasteiger partial charge < -0.3 is 25.1 Å². The van der Waals surface area contributed by atoms with E-state index in [1.54, 1.807) is 20.1 Å². The normalized spacial score (nSPS) is 16.7. The summed E-state index contributed by atoms with van der Waals surface area (Å²) in [4.78, 5) is 0. The molecule has 5 nitrogen and oxygen atoms in total. The first-order chi connectivity index (χ1) is 8.05. The summed E-state index contributed by atoms with van der Waals surface area (Å²) in [6, 6.07) is 3.63. The lowest BCUT2D eigenvalue weighted by atomic mass is 9.94. The van der Waals surface area contributed by atoms with Gasteiger partial charge in [0.05, 0.1) is 13.7 Å². The summed E-state index contributed by atoms with van der Waals surface area (Å²) in [5.41, 5.74) is 6.16. The molecule has 1 aromatic rings. The first-order valence-corrected chi connectivity index (χ1v) is 5.42. The highest BCUT2D eigenvalue weighted by Gasteiger charge is 2.23. The molecular weight excluding hydrogens is 222 g/mol. The lowest BCUT2D eigenvalue weighted by molar-refractivity contribution is 0.173. The van der Waals surface area contributed by atoms with Crippen molar-refractivity contribution in [1.29, 1.82) is 0 Å². The minimum absolute atomic E-state index is 0.0927. The van der Waals surface area contributed by atoms with Gasteiger partial charge in [0.25, 0.3) is 0 Å². The van der Waals surface area contributed by atoms with E-state index >= 15 is 0 Å². The Labute approximate surface area is 100 Å². The molecule has 2 rings (SSSR count). The van der Waals surface area contributed by atoms with Crippen LogP contribution in [0.3, 0.4) is 0 Å². The third-order valence-corrected chi connectivity index (χ3v) is 2.73. The van der Waals surface area contributed by atoms with E-state index in [1.807, 2.05) is 6.07 Å². The smallest absolute Gasteiger partial charge is 0.231 e. The monoisotopic (exact) mass is 239 g/mol. The van der Waals surface area contributed by atoms with E-state index in [0.717, 1.165) is 5.56 Å². The van der Waals surface area contributed by atoms with E-state index < -0.39 is 5.54 Å². The zero-order valence-corrected chi connectivity index (χ0v) is 10.0. The molecule has 0 saturated heterocycles. The SMILES string of the molecule is COc1cc2c(cc1CC(C)(N)CO)OCO2. The summed E-state index contributed by atoms with van der Waals surface area (Å²) in [6.45, 7) is 1.92. The number of aliphatic hydroxyl groups excluding tert-OH is 1. The molecule has 0 spiro atoms. The Hall–Kier alpha value is -1.46. The number of benzene rings is 1. The lowest BCUT2D eigenvalue weighted by Crippen LogP contribution is -2.42. The van der Waals surface area contributed by atoms with Crippen molar-refractivity contribution in [3.8, 4) is 17.2 Å². The van der Waals surface area contributed by atoms with Crippen molar-refractivity contribution in [2.75, 3.05) is 20.5 Å². The van der Waals surface area contributed by atoms with E-state index in [4.69, 9.17) is 19.9 Å². The fourth-order valence-electron chi connectivity index (χ4n) is 1.78. The Morgan fingerprint density at radius 2 is 2.06 bits per heavy atom. The summed E-state index contributed by atoms with van der Waals surface area (Å²) < 4.78 is 15.9. The molecule has 5 heteroatoms. The van der Waals surface area contributed by atoms with Crippen LogP contribution in [0.25, 0.3) is 0 Å². The van der Waals surface area contributed by atoms with E-state index in [0.29, 0.717) is 23.7 Å².